The summed E-state index contributed by atoms with van der Waals surface area (Å²) in [6.07, 6.45) is -6.62. The monoisotopic (exact) mass is 481 g/mol. The van der Waals surface area contributed by atoms with Gasteiger partial charge in [0.25, 0.3) is 0 Å². The summed E-state index contributed by atoms with van der Waals surface area (Å²) < 4.78 is 38.9. The van der Waals surface area contributed by atoms with Crippen molar-refractivity contribution in [1.29, 1.82) is 0 Å². The number of hydrogen-bond acceptors (Lipinski definition) is 5. The Hall–Kier alpha value is -3.31. The fraction of sp³-hybridized carbons (Fsp3) is 0.286. The lowest BCUT2D eigenvalue weighted by Gasteiger charge is -2.43. The van der Waals surface area contributed by atoms with Crippen LogP contribution in [0.4, 0.5) is 24.5 Å². The number of nitrogens with one attached hydrogen (secondary N) is 5. The van der Waals surface area contributed by atoms with Crippen LogP contribution in [0.15, 0.2) is 48.5 Å². The number of piperidine rings is 1. The molecule has 2 aliphatic rings. The quantitative estimate of drug-likeness (QED) is 0.461. The molecule has 0 radical (unpaired) electrons. The predicted octanol–water partition coefficient (Wildman–Crippen LogP) is 2.49. The van der Waals surface area contributed by atoms with E-state index in [4.69, 9.17) is 11.6 Å². The van der Waals surface area contributed by atoms with Crippen molar-refractivity contribution in [3.8, 4) is 0 Å². The average Bonchev–Trinajstić information content (AvgIpc) is 2.74. The predicted molar refractivity (Wildman–Crippen MR) is 114 cm³/mol. The SMILES string of the molecule is O=C1CC(C(=O)Nc2ccccc2Cl)C2C(=O)NC(Nc3cccc(C(F)(F)F)c3)NC2N1. The van der Waals surface area contributed by atoms with E-state index in [0.717, 1.165) is 12.1 Å². The third kappa shape index (κ3) is 5.04. The van der Waals surface area contributed by atoms with E-state index >= 15 is 0 Å². The number of alkyl halides is 3. The molecule has 2 heterocycles. The van der Waals surface area contributed by atoms with Gasteiger partial charge in [0.2, 0.25) is 17.7 Å². The molecule has 0 aliphatic carbocycles. The van der Waals surface area contributed by atoms with Crippen molar-refractivity contribution in [2.24, 2.45) is 11.8 Å². The lowest BCUT2D eigenvalue weighted by atomic mass is 9.81. The maximum absolute atomic E-state index is 13.0. The van der Waals surface area contributed by atoms with E-state index in [1.54, 1.807) is 24.3 Å². The molecule has 0 saturated carbocycles. The molecule has 0 spiro atoms. The summed E-state index contributed by atoms with van der Waals surface area (Å²) in [4.78, 5) is 38.0. The average molecular weight is 482 g/mol. The largest absolute Gasteiger partial charge is 0.416 e. The van der Waals surface area contributed by atoms with Gasteiger partial charge in [-0.3, -0.25) is 19.7 Å². The van der Waals surface area contributed by atoms with Crippen molar-refractivity contribution in [1.82, 2.24) is 16.0 Å². The second kappa shape index (κ2) is 8.91. The molecule has 12 heteroatoms. The number of hydrogen-bond donors (Lipinski definition) is 5. The van der Waals surface area contributed by atoms with Gasteiger partial charge in [0.15, 0.2) is 6.29 Å². The fourth-order valence-electron chi connectivity index (χ4n) is 3.89. The van der Waals surface area contributed by atoms with E-state index < -0.39 is 53.8 Å². The standard InChI is InChI=1S/C21H19ClF3N5O3/c22-13-6-1-2-7-14(13)27-18(32)12-9-15(31)28-17-16(12)19(33)30-20(29-17)26-11-5-3-4-10(8-11)21(23,24)25/h1-8,12,16-17,20,26,29H,9H2,(H,27,32)(H,28,31)(H,30,33). The van der Waals surface area contributed by atoms with Crippen LogP contribution in [0.1, 0.15) is 12.0 Å². The Morgan fingerprint density at radius 3 is 2.55 bits per heavy atom. The molecule has 5 N–H and O–H groups in total. The van der Waals surface area contributed by atoms with Crippen molar-refractivity contribution >= 4 is 40.7 Å². The van der Waals surface area contributed by atoms with E-state index in [-0.39, 0.29) is 12.1 Å². The van der Waals surface area contributed by atoms with Crippen LogP contribution in [-0.4, -0.2) is 30.2 Å². The normalized spacial score (nSPS) is 24.8. The van der Waals surface area contributed by atoms with Gasteiger partial charge in [-0.2, -0.15) is 13.2 Å². The summed E-state index contributed by atoms with van der Waals surface area (Å²) in [6.45, 7) is 0. The Morgan fingerprint density at radius 1 is 1.06 bits per heavy atom. The number of halogens is 4. The highest BCUT2D eigenvalue weighted by atomic mass is 35.5. The van der Waals surface area contributed by atoms with Crippen molar-refractivity contribution in [3.05, 3.63) is 59.1 Å². The van der Waals surface area contributed by atoms with E-state index in [0.29, 0.717) is 10.7 Å². The lowest BCUT2D eigenvalue weighted by Crippen LogP contribution is -2.72. The third-order valence-electron chi connectivity index (χ3n) is 5.42. The Morgan fingerprint density at radius 2 is 1.82 bits per heavy atom. The molecular formula is C21H19ClF3N5O3. The number of carbonyl (C=O) groups excluding carboxylic acids is 3. The van der Waals surface area contributed by atoms with Gasteiger partial charge >= 0.3 is 6.18 Å². The minimum absolute atomic E-state index is 0.108. The molecule has 4 rings (SSSR count). The van der Waals surface area contributed by atoms with Crippen LogP contribution in [0.2, 0.25) is 5.02 Å². The van der Waals surface area contributed by atoms with Gasteiger partial charge in [-0.15, -0.1) is 0 Å². The first-order valence-electron chi connectivity index (χ1n) is 9.97. The van der Waals surface area contributed by atoms with Crippen molar-refractivity contribution in [2.75, 3.05) is 10.6 Å². The van der Waals surface area contributed by atoms with Crippen molar-refractivity contribution in [3.63, 3.8) is 0 Å². The van der Waals surface area contributed by atoms with Gasteiger partial charge in [-0.05, 0) is 30.3 Å². The minimum atomic E-state index is -4.52. The van der Waals surface area contributed by atoms with Crippen LogP contribution < -0.4 is 26.6 Å². The molecular weight excluding hydrogens is 463 g/mol. The van der Waals surface area contributed by atoms with Gasteiger partial charge < -0.3 is 21.3 Å². The first-order chi connectivity index (χ1) is 15.6. The molecule has 33 heavy (non-hydrogen) atoms. The number of amides is 3. The van der Waals surface area contributed by atoms with Crippen molar-refractivity contribution in [2.45, 2.75) is 25.1 Å². The third-order valence-corrected chi connectivity index (χ3v) is 5.75. The second-order valence-electron chi connectivity index (χ2n) is 7.68. The number of fused-ring (bicyclic) bond motifs is 1. The molecule has 174 valence electrons. The summed E-state index contributed by atoms with van der Waals surface area (Å²) in [5.74, 6) is -3.46. The van der Waals surface area contributed by atoms with Gasteiger partial charge in [0, 0.05) is 12.1 Å². The highest BCUT2D eigenvalue weighted by Gasteiger charge is 2.48. The van der Waals surface area contributed by atoms with E-state index in [1.807, 2.05) is 0 Å². The molecule has 2 aromatic carbocycles. The minimum Gasteiger partial charge on any atom is -0.353 e. The molecule has 0 aromatic heterocycles. The van der Waals surface area contributed by atoms with Crippen LogP contribution >= 0.6 is 11.6 Å². The van der Waals surface area contributed by atoms with Crippen LogP contribution in [0.3, 0.4) is 0 Å². The molecule has 0 bridgehead atoms. The summed E-state index contributed by atoms with van der Waals surface area (Å²) in [6, 6.07) is 11.0. The maximum atomic E-state index is 13.0. The highest BCUT2D eigenvalue weighted by molar-refractivity contribution is 6.33. The number of anilines is 2. The molecule has 3 amide bonds. The molecule has 2 aromatic rings. The maximum Gasteiger partial charge on any atom is 0.416 e. The molecule has 4 atom stereocenters. The van der Waals surface area contributed by atoms with Crippen LogP contribution in [0.25, 0.3) is 0 Å². The molecule has 2 saturated heterocycles. The van der Waals surface area contributed by atoms with E-state index in [1.165, 1.54) is 12.1 Å². The van der Waals surface area contributed by atoms with Crippen LogP contribution in [0.5, 0.6) is 0 Å². The Bertz CT molecular complexity index is 1100. The Labute approximate surface area is 191 Å². The summed E-state index contributed by atoms with van der Waals surface area (Å²) in [7, 11) is 0. The molecule has 2 aliphatic heterocycles. The lowest BCUT2D eigenvalue weighted by molar-refractivity contribution is -0.144. The Balaban J connectivity index is 1.49. The van der Waals surface area contributed by atoms with E-state index in [2.05, 4.69) is 26.6 Å². The Kier molecular flexibility index (Phi) is 6.17. The highest BCUT2D eigenvalue weighted by Crippen LogP contribution is 2.32. The van der Waals surface area contributed by atoms with Gasteiger partial charge in [-0.25, -0.2) is 0 Å². The number of carbonyl (C=O) groups is 3. The summed E-state index contributed by atoms with van der Waals surface area (Å²) >= 11 is 6.07. The van der Waals surface area contributed by atoms with Gasteiger partial charge in [0.1, 0.15) is 0 Å². The molecule has 8 nitrogen and oxygen atoms in total. The zero-order valence-electron chi connectivity index (χ0n) is 16.9. The summed E-state index contributed by atoms with van der Waals surface area (Å²) in [5.41, 5.74) is -0.397. The number of rotatable bonds is 4. The number of para-hydroxylation sites is 1. The van der Waals surface area contributed by atoms with Gasteiger partial charge in [0.05, 0.1) is 34.3 Å². The topological polar surface area (TPSA) is 111 Å². The smallest absolute Gasteiger partial charge is 0.353 e. The van der Waals surface area contributed by atoms with E-state index in [9.17, 15) is 27.6 Å². The number of benzene rings is 2. The summed E-state index contributed by atoms with van der Waals surface area (Å²) in [5, 5.41) is 13.8. The zero-order chi connectivity index (χ0) is 23.8. The van der Waals surface area contributed by atoms with Crippen molar-refractivity contribution < 1.29 is 27.6 Å². The molecule has 2 fully saturated rings. The first-order valence-corrected chi connectivity index (χ1v) is 10.3. The first kappa shape index (κ1) is 22.9. The van der Waals surface area contributed by atoms with Gasteiger partial charge in [-0.1, -0.05) is 29.8 Å². The van der Waals surface area contributed by atoms with Crippen LogP contribution in [-0.2, 0) is 20.6 Å². The molecule has 4 unspecified atom stereocenters. The fourth-order valence-corrected chi connectivity index (χ4v) is 4.08. The second-order valence-corrected chi connectivity index (χ2v) is 8.09. The van der Waals surface area contributed by atoms with Crippen LogP contribution in [0, 0.1) is 11.8 Å². The zero-order valence-corrected chi connectivity index (χ0v) is 17.6.